The summed E-state index contributed by atoms with van der Waals surface area (Å²) in [5, 5.41) is 0. The van der Waals surface area contributed by atoms with Gasteiger partial charge < -0.3 is 15.5 Å². The number of rotatable bonds is 6. The van der Waals surface area contributed by atoms with Crippen LogP contribution in [0.25, 0.3) is 0 Å². The number of hydrogen-bond acceptors (Lipinski definition) is 4. The Balaban J connectivity index is 0.00000225. The topological polar surface area (TPSA) is 98.7 Å². The molecule has 9 heteroatoms. The summed E-state index contributed by atoms with van der Waals surface area (Å²) in [6.07, 6.45) is 7.41. The van der Waals surface area contributed by atoms with Crippen LogP contribution in [-0.2, 0) is 9.98 Å². The summed E-state index contributed by atoms with van der Waals surface area (Å²) >= 11 is 3.99. The van der Waals surface area contributed by atoms with Gasteiger partial charge in [0, 0.05) is 11.0 Å². The fourth-order valence-corrected chi connectivity index (χ4v) is 7.78. The molecule has 4 aliphatic rings. The Bertz CT molecular complexity index is 787. The fourth-order valence-electron chi connectivity index (χ4n) is 6.24. The quantitative estimate of drug-likeness (QED) is 0.264. The van der Waals surface area contributed by atoms with Gasteiger partial charge in [0.2, 0.25) is 0 Å². The van der Waals surface area contributed by atoms with Crippen LogP contribution in [0.4, 0.5) is 0 Å². The molecule has 0 aromatic heterocycles. The van der Waals surface area contributed by atoms with Gasteiger partial charge in [-0.25, -0.2) is 0 Å². The number of hydrogen-bond donors (Lipinski definition) is 2. The maximum Gasteiger partial charge on any atom is 1.00 e. The van der Waals surface area contributed by atoms with E-state index >= 15 is 0 Å². The van der Waals surface area contributed by atoms with Crippen LogP contribution in [0.2, 0.25) is 0 Å². The summed E-state index contributed by atoms with van der Waals surface area (Å²) in [5.74, 6) is 1.83. The molecule has 1 aromatic rings. The van der Waals surface area contributed by atoms with Crippen LogP contribution in [0.15, 0.2) is 33.7 Å². The summed E-state index contributed by atoms with van der Waals surface area (Å²) in [4.78, 5) is 24.4. The van der Waals surface area contributed by atoms with Gasteiger partial charge in [0.05, 0.1) is 5.75 Å². The smallest absolute Gasteiger partial charge is 0.770 e. The van der Waals surface area contributed by atoms with Gasteiger partial charge >= 0.3 is 29.6 Å². The third-order valence-corrected chi connectivity index (χ3v) is 9.28. The summed E-state index contributed by atoms with van der Waals surface area (Å²) in [5.41, 5.74) is 7.80. The van der Waals surface area contributed by atoms with Crippen molar-refractivity contribution in [1.29, 1.82) is 0 Å². The van der Waals surface area contributed by atoms with Crippen LogP contribution in [0.3, 0.4) is 0 Å². The van der Waals surface area contributed by atoms with Gasteiger partial charge in [-0.2, -0.15) is 0 Å². The minimum Gasteiger partial charge on any atom is -0.770 e. The van der Waals surface area contributed by atoms with Crippen LogP contribution in [0.1, 0.15) is 44.1 Å². The molecule has 4 fully saturated rings. The molecule has 0 aliphatic heterocycles. The van der Waals surface area contributed by atoms with Crippen molar-refractivity contribution in [3.05, 3.63) is 34.3 Å². The first-order valence-corrected chi connectivity index (χ1v) is 13.4. The van der Waals surface area contributed by atoms with Gasteiger partial charge in [-0.05, 0) is 78.9 Å². The van der Waals surface area contributed by atoms with Crippen molar-refractivity contribution in [3.63, 3.8) is 0 Å². The van der Waals surface area contributed by atoms with Crippen molar-refractivity contribution in [2.45, 2.75) is 43.9 Å². The minimum atomic E-state index is -4.35. The fraction of sp³-hybridized carbons (Fsp3) is 0.632. The molecule has 4 bridgehead atoms. The summed E-state index contributed by atoms with van der Waals surface area (Å²) in [6.45, 7) is -3.69. The second-order valence-corrected chi connectivity index (χ2v) is 13.4. The predicted molar refractivity (Wildman–Crippen MR) is 112 cm³/mol. The number of aliphatic imine (C=N–C) groups is 1. The van der Waals surface area contributed by atoms with Crippen LogP contribution < -0.4 is 40.2 Å². The standard InChI is InChI=1S/C19H26BrN2O3PS.Na/c20-16-3-1-15(2-4-16)19-8-13-5-14(9-19)7-18(6-13,11-19)12-22-17(21)10-27-26(23,24)25;/h1-4,13-14H,5-12H2,(H2,21,22)(H2,23,24,25);/q;+1/p-1. The zero-order chi connectivity index (χ0) is 19.3. The van der Waals surface area contributed by atoms with Gasteiger partial charge in [-0.3, -0.25) is 9.56 Å². The molecular formula is C19H25BrN2NaO3PS. The van der Waals surface area contributed by atoms with Crippen molar-refractivity contribution in [1.82, 2.24) is 0 Å². The van der Waals surface area contributed by atoms with Crippen molar-refractivity contribution in [3.8, 4) is 0 Å². The molecule has 5 nitrogen and oxygen atoms in total. The van der Waals surface area contributed by atoms with E-state index in [-0.39, 0.29) is 46.1 Å². The number of halogens is 1. The van der Waals surface area contributed by atoms with E-state index in [1.54, 1.807) is 0 Å². The van der Waals surface area contributed by atoms with Crippen molar-refractivity contribution >= 4 is 39.9 Å². The summed E-state index contributed by atoms with van der Waals surface area (Å²) in [6, 6.07) is 8.83. The van der Waals surface area contributed by atoms with Gasteiger partial charge in [0.15, 0.2) is 6.80 Å². The zero-order valence-corrected chi connectivity index (χ0v) is 21.4. The van der Waals surface area contributed by atoms with E-state index in [9.17, 15) is 9.46 Å². The Morgan fingerprint density at radius 3 is 2.46 bits per heavy atom. The second-order valence-electron chi connectivity index (χ2n) is 8.80. The van der Waals surface area contributed by atoms with Gasteiger partial charge in [-0.1, -0.05) is 39.4 Å². The Hall–Kier alpha value is 0.670. The summed E-state index contributed by atoms with van der Waals surface area (Å²) in [7, 11) is 0. The second kappa shape index (κ2) is 8.66. The SMILES string of the molecule is NC(CSP(=O)([O-])O)=NCC12CC3CC(C1)CC(c1ccc(Br)cc1)(C3)C2.[Na+]. The molecule has 28 heavy (non-hydrogen) atoms. The maximum atomic E-state index is 10.9. The third-order valence-electron chi connectivity index (χ3n) is 6.63. The minimum absolute atomic E-state index is 0. The van der Waals surface area contributed by atoms with E-state index in [0.717, 1.165) is 22.7 Å². The van der Waals surface area contributed by atoms with Gasteiger partial charge in [0.1, 0.15) is 5.84 Å². The van der Waals surface area contributed by atoms with E-state index in [1.165, 1.54) is 37.7 Å². The molecule has 148 valence electrons. The van der Waals surface area contributed by atoms with E-state index in [1.807, 2.05) is 0 Å². The molecule has 4 saturated carbocycles. The molecule has 0 amide bonds. The summed E-state index contributed by atoms with van der Waals surface area (Å²) < 4.78 is 12.0. The van der Waals surface area contributed by atoms with Gasteiger partial charge in [-0.15, -0.1) is 0 Å². The molecule has 0 radical (unpaired) electrons. The first-order valence-electron chi connectivity index (χ1n) is 9.40. The average Bonchev–Trinajstić information content (AvgIpc) is 2.57. The first kappa shape index (κ1) is 23.3. The van der Waals surface area contributed by atoms with E-state index < -0.39 is 6.80 Å². The molecule has 5 rings (SSSR count). The molecule has 3 unspecified atom stereocenters. The van der Waals surface area contributed by atoms with Crippen molar-refractivity contribution in [2.24, 2.45) is 28.0 Å². The molecule has 3 atom stereocenters. The monoisotopic (exact) mass is 494 g/mol. The largest absolute Gasteiger partial charge is 1.00 e. The Morgan fingerprint density at radius 1 is 1.29 bits per heavy atom. The normalized spacial score (nSPS) is 36.0. The van der Waals surface area contributed by atoms with E-state index in [4.69, 9.17) is 10.6 Å². The zero-order valence-electron chi connectivity index (χ0n) is 16.1. The molecule has 0 spiro atoms. The van der Waals surface area contributed by atoms with Crippen molar-refractivity contribution in [2.75, 3.05) is 12.3 Å². The Kier molecular flexibility index (Phi) is 7.22. The van der Waals surface area contributed by atoms with Crippen molar-refractivity contribution < 1.29 is 43.9 Å². The number of nitrogens with zero attached hydrogens (tertiary/aromatic N) is 1. The van der Waals surface area contributed by atoms with E-state index in [0.29, 0.717) is 23.8 Å². The van der Waals surface area contributed by atoms with Crippen LogP contribution in [0.5, 0.6) is 0 Å². The van der Waals surface area contributed by atoms with Crippen LogP contribution >= 0.6 is 34.1 Å². The predicted octanol–water partition coefficient (Wildman–Crippen LogP) is 0.842. The number of benzene rings is 1. The van der Waals surface area contributed by atoms with Crippen LogP contribution in [-0.4, -0.2) is 23.0 Å². The first-order chi connectivity index (χ1) is 12.7. The number of nitrogens with two attached hydrogens (primary N) is 1. The molecule has 0 saturated heterocycles. The average molecular weight is 495 g/mol. The molecular weight excluding hydrogens is 470 g/mol. The molecule has 0 heterocycles. The third kappa shape index (κ3) is 5.11. The molecule has 3 N–H and O–H groups in total. The molecule has 1 aromatic carbocycles. The van der Waals surface area contributed by atoms with Gasteiger partial charge in [0.25, 0.3) is 0 Å². The Morgan fingerprint density at radius 2 is 1.89 bits per heavy atom. The maximum absolute atomic E-state index is 10.9. The van der Waals surface area contributed by atoms with E-state index in [2.05, 4.69) is 45.2 Å². The van der Waals surface area contributed by atoms with Crippen LogP contribution in [0, 0.1) is 17.3 Å². The number of amidine groups is 1. The molecule has 4 aliphatic carbocycles. The Labute approximate surface area is 201 Å².